The van der Waals surface area contributed by atoms with Gasteiger partial charge in [-0.3, -0.25) is 4.98 Å². The molecular formula is C13H8FN3S. The highest BCUT2D eigenvalue weighted by Gasteiger charge is 2.08. The monoisotopic (exact) mass is 257 g/mol. The molecule has 1 aromatic carbocycles. The van der Waals surface area contributed by atoms with Crippen LogP contribution < -0.4 is 0 Å². The molecule has 0 unspecified atom stereocenters. The van der Waals surface area contributed by atoms with Crippen LogP contribution >= 0.6 is 11.5 Å². The van der Waals surface area contributed by atoms with E-state index in [2.05, 4.69) is 14.3 Å². The first kappa shape index (κ1) is 11.0. The summed E-state index contributed by atoms with van der Waals surface area (Å²) in [6, 6.07) is 11.8. The minimum Gasteiger partial charge on any atom is -0.254 e. The Bertz CT molecular complexity index is 650. The molecular weight excluding hydrogens is 249 g/mol. The first-order valence-electron chi connectivity index (χ1n) is 5.34. The highest BCUT2D eigenvalue weighted by molar-refractivity contribution is 7.09. The fraction of sp³-hybridized carbons (Fsp3) is 0. The van der Waals surface area contributed by atoms with Gasteiger partial charge in [0.05, 0.1) is 0 Å². The first-order chi connectivity index (χ1) is 8.83. The topological polar surface area (TPSA) is 38.7 Å². The maximum atomic E-state index is 12.8. The van der Waals surface area contributed by atoms with Gasteiger partial charge in [-0.15, -0.1) is 0 Å². The third-order valence-electron chi connectivity index (χ3n) is 2.41. The Hall–Kier alpha value is -2.14. The Balaban J connectivity index is 1.97. The molecule has 2 heterocycles. The molecule has 0 bridgehead atoms. The molecule has 0 saturated carbocycles. The molecule has 0 spiro atoms. The van der Waals surface area contributed by atoms with Crippen LogP contribution in [0.2, 0.25) is 0 Å². The third-order valence-corrected chi connectivity index (χ3v) is 3.15. The quantitative estimate of drug-likeness (QED) is 0.706. The van der Waals surface area contributed by atoms with E-state index < -0.39 is 0 Å². The SMILES string of the molecule is Fc1ccc(-c2nsc(-c3ccccn3)n2)cc1. The number of pyridine rings is 1. The molecule has 0 N–H and O–H groups in total. The van der Waals surface area contributed by atoms with E-state index in [1.165, 1.54) is 23.7 Å². The van der Waals surface area contributed by atoms with Crippen molar-refractivity contribution in [2.45, 2.75) is 0 Å². The van der Waals surface area contributed by atoms with Crippen LogP contribution in [0.4, 0.5) is 4.39 Å². The molecule has 0 aliphatic carbocycles. The van der Waals surface area contributed by atoms with Crippen molar-refractivity contribution in [2.24, 2.45) is 0 Å². The Morgan fingerprint density at radius 2 is 1.83 bits per heavy atom. The lowest BCUT2D eigenvalue weighted by Crippen LogP contribution is -1.83. The zero-order valence-corrected chi connectivity index (χ0v) is 10.1. The van der Waals surface area contributed by atoms with Crippen LogP contribution in [0.5, 0.6) is 0 Å². The van der Waals surface area contributed by atoms with Crippen LogP contribution in [0, 0.1) is 5.82 Å². The largest absolute Gasteiger partial charge is 0.254 e. The zero-order valence-electron chi connectivity index (χ0n) is 9.25. The molecule has 88 valence electrons. The molecule has 5 heteroatoms. The molecule has 0 aliphatic rings. The number of nitrogens with zero attached hydrogens (tertiary/aromatic N) is 3. The molecule has 0 atom stereocenters. The Morgan fingerprint density at radius 3 is 2.56 bits per heavy atom. The van der Waals surface area contributed by atoms with Crippen molar-refractivity contribution >= 4 is 11.5 Å². The molecule has 0 fully saturated rings. The van der Waals surface area contributed by atoms with Gasteiger partial charge >= 0.3 is 0 Å². The second-order valence-corrected chi connectivity index (χ2v) is 4.40. The number of hydrogen-bond donors (Lipinski definition) is 0. The van der Waals surface area contributed by atoms with Crippen molar-refractivity contribution in [3.8, 4) is 22.1 Å². The minimum atomic E-state index is -0.265. The fourth-order valence-corrected chi connectivity index (χ4v) is 2.19. The lowest BCUT2D eigenvalue weighted by Gasteiger charge is -1.94. The summed E-state index contributed by atoms with van der Waals surface area (Å²) in [4.78, 5) is 8.62. The van der Waals surface area contributed by atoms with Crippen LogP contribution in [0.15, 0.2) is 48.7 Å². The summed E-state index contributed by atoms with van der Waals surface area (Å²) < 4.78 is 17.1. The van der Waals surface area contributed by atoms with E-state index in [1.807, 2.05) is 18.2 Å². The summed E-state index contributed by atoms with van der Waals surface area (Å²) in [6.07, 6.45) is 1.72. The van der Waals surface area contributed by atoms with Gasteiger partial charge in [-0.25, -0.2) is 9.37 Å². The molecule has 3 rings (SSSR count). The predicted molar refractivity (Wildman–Crippen MR) is 68.5 cm³/mol. The fourth-order valence-electron chi connectivity index (χ4n) is 1.53. The van der Waals surface area contributed by atoms with Gasteiger partial charge < -0.3 is 0 Å². The van der Waals surface area contributed by atoms with Crippen molar-refractivity contribution in [3.05, 3.63) is 54.5 Å². The molecule has 3 nitrogen and oxygen atoms in total. The maximum Gasteiger partial charge on any atom is 0.173 e. The number of rotatable bonds is 2. The summed E-state index contributed by atoms with van der Waals surface area (Å²) in [5.74, 6) is 0.333. The second kappa shape index (κ2) is 4.62. The summed E-state index contributed by atoms with van der Waals surface area (Å²) in [7, 11) is 0. The normalized spacial score (nSPS) is 10.5. The first-order valence-corrected chi connectivity index (χ1v) is 6.11. The summed E-state index contributed by atoms with van der Waals surface area (Å²) >= 11 is 1.28. The van der Waals surface area contributed by atoms with Crippen LogP contribution in [0.25, 0.3) is 22.1 Å². The highest BCUT2D eigenvalue weighted by atomic mass is 32.1. The minimum absolute atomic E-state index is 0.265. The van der Waals surface area contributed by atoms with E-state index >= 15 is 0 Å². The smallest absolute Gasteiger partial charge is 0.173 e. The summed E-state index contributed by atoms with van der Waals surface area (Å²) in [6.45, 7) is 0. The lowest BCUT2D eigenvalue weighted by atomic mass is 10.2. The van der Waals surface area contributed by atoms with Gasteiger partial charge in [0.2, 0.25) is 0 Å². The lowest BCUT2D eigenvalue weighted by molar-refractivity contribution is 0.628. The van der Waals surface area contributed by atoms with Gasteiger partial charge in [0.25, 0.3) is 0 Å². The molecule has 3 aromatic rings. The number of hydrogen-bond acceptors (Lipinski definition) is 4. The van der Waals surface area contributed by atoms with Crippen molar-refractivity contribution in [3.63, 3.8) is 0 Å². The third kappa shape index (κ3) is 2.12. The van der Waals surface area contributed by atoms with Crippen LogP contribution in [-0.2, 0) is 0 Å². The van der Waals surface area contributed by atoms with Crippen molar-refractivity contribution in [2.75, 3.05) is 0 Å². The van der Waals surface area contributed by atoms with Crippen molar-refractivity contribution in [1.82, 2.24) is 14.3 Å². The van der Waals surface area contributed by atoms with Gasteiger partial charge in [-0.2, -0.15) is 4.37 Å². The van der Waals surface area contributed by atoms with Gasteiger partial charge in [0.15, 0.2) is 10.8 Å². The average molecular weight is 257 g/mol. The summed E-state index contributed by atoms with van der Waals surface area (Å²) in [5, 5.41) is 0.759. The second-order valence-electron chi connectivity index (χ2n) is 3.65. The van der Waals surface area contributed by atoms with Crippen molar-refractivity contribution in [1.29, 1.82) is 0 Å². The van der Waals surface area contributed by atoms with E-state index in [4.69, 9.17) is 0 Å². The van der Waals surface area contributed by atoms with E-state index in [0.29, 0.717) is 5.82 Å². The standard InChI is InChI=1S/C13H8FN3S/c14-10-6-4-9(5-7-10)12-16-13(18-17-12)11-3-1-2-8-15-11/h1-8H. The number of benzene rings is 1. The van der Waals surface area contributed by atoms with E-state index in [-0.39, 0.29) is 5.82 Å². The molecule has 0 saturated heterocycles. The van der Waals surface area contributed by atoms with Crippen molar-refractivity contribution < 1.29 is 4.39 Å². The zero-order chi connectivity index (χ0) is 12.4. The van der Waals surface area contributed by atoms with Gasteiger partial charge in [0.1, 0.15) is 11.5 Å². The van der Waals surface area contributed by atoms with E-state index in [9.17, 15) is 4.39 Å². The average Bonchev–Trinajstić information content (AvgIpc) is 2.90. The van der Waals surface area contributed by atoms with Crippen LogP contribution in [0.3, 0.4) is 0 Å². The highest BCUT2D eigenvalue weighted by Crippen LogP contribution is 2.24. The van der Waals surface area contributed by atoms with Gasteiger partial charge in [0, 0.05) is 11.8 Å². The molecule has 18 heavy (non-hydrogen) atoms. The van der Waals surface area contributed by atoms with Crippen LogP contribution in [-0.4, -0.2) is 14.3 Å². The Labute approximate surface area is 107 Å². The predicted octanol–water partition coefficient (Wildman–Crippen LogP) is 3.41. The van der Waals surface area contributed by atoms with Crippen LogP contribution in [0.1, 0.15) is 0 Å². The van der Waals surface area contributed by atoms with Gasteiger partial charge in [-0.05, 0) is 47.9 Å². The number of aromatic nitrogens is 3. The molecule has 0 radical (unpaired) electrons. The Kier molecular flexibility index (Phi) is 2.82. The Morgan fingerprint density at radius 1 is 1.00 bits per heavy atom. The summed E-state index contributed by atoms with van der Waals surface area (Å²) in [5.41, 5.74) is 1.60. The number of halogens is 1. The van der Waals surface area contributed by atoms with Gasteiger partial charge in [-0.1, -0.05) is 6.07 Å². The maximum absolute atomic E-state index is 12.8. The molecule has 0 aliphatic heterocycles. The molecule has 0 amide bonds. The van der Waals surface area contributed by atoms with E-state index in [1.54, 1.807) is 18.3 Å². The molecule has 2 aromatic heterocycles. The van der Waals surface area contributed by atoms with E-state index in [0.717, 1.165) is 16.3 Å².